The van der Waals surface area contributed by atoms with Gasteiger partial charge in [-0.3, -0.25) is 0 Å². The van der Waals surface area contributed by atoms with Crippen molar-refractivity contribution in [2.45, 2.75) is 0 Å². The van der Waals surface area contributed by atoms with Crippen LogP contribution in [-0.4, -0.2) is 9.97 Å². The van der Waals surface area contributed by atoms with E-state index in [0.717, 1.165) is 44.8 Å². The number of H-pyrrole nitrogens is 1. The molecule has 0 unspecified atom stereocenters. The molecule has 0 bridgehead atoms. The zero-order valence-corrected chi connectivity index (χ0v) is 15.5. The molecule has 2 heterocycles. The van der Waals surface area contributed by atoms with E-state index in [0.29, 0.717) is 0 Å². The first-order valence-electron chi connectivity index (χ1n) is 9.33. The quantitative estimate of drug-likeness (QED) is 0.371. The Hall–Kier alpha value is -3.92. The van der Waals surface area contributed by atoms with Gasteiger partial charge >= 0.3 is 0 Å². The van der Waals surface area contributed by atoms with Crippen LogP contribution in [0.15, 0.2) is 97.3 Å². The molecule has 1 N–H and O–H groups in total. The van der Waals surface area contributed by atoms with Gasteiger partial charge in [0.25, 0.3) is 0 Å². The highest BCUT2D eigenvalue weighted by Crippen LogP contribution is 2.36. The molecular formula is C25H17FN2O. The average molecular weight is 380 g/mol. The molecule has 0 aliphatic rings. The molecule has 140 valence electrons. The maximum Gasteiger partial charge on any atom is 0.137 e. The zero-order chi connectivity index (χ0) is 19.6. The van der Waals surface area contributed by atoms with Crippen LogP contribution in [0.3, 0.4) is 0 Å². The Balaban J connectivity index is 1.59. The number of nitrogens with one attached hydrogen (secondary N) is 1. The van der Waals surface area contributed by atoms with Crippen LogP contribution >= 0.6 is 0 Å². The van der Waals surface area contributed by atoms with Crippen molar-refractivity contribution in [3.8, 4) is 33.8 Å². The van der Waals surface area contributed by atoms with Crippen LogP contribution in [0, 0.1) is 5.82 Å². The Bertz CT molecular complexity index is 1280. The van der Waals surface area contributed by atoms with Gasteiger partial charge in [-0.05, 0) is 42.0 Å². The van der Waals surface area contributed by atoms with Crippen molar-refractivity contribution in [1.29, 1.82) is 0 Å². The minimum atomic E-state index is -0.251. The SMILES string of the molecule is Fc1ccc(-c2c[nH]c3ncc(-c4ccccc4Oc4ccccc4)cc23)cc1. The highest BCUT2D eigenvalue weighted by molar-refractivity contribution is 5.96. The summed E-state index contributed by atoms with van der Waals surface area (Å²) in [4.78, 5) is 7.78. The van der Waals surface area contributed by atoms with Crippen LogP contribution in [0.2, 0.25) is 0 Å². The Morgan fingerprint density at radius 1 is 0.759 bits per heavy atom. The maximum atomic E-state index is 13.3. The van der Waals surface area contributed by atoms with Crippen molar-refractivity contribution in [2.24, 2.45) is 0 Å². The van der Waals surface area contributed by atoms with E-state index in [2.05, 4.69) is 16.0 Å². The smallest absolute Gasteiger partial charge is 0.137 e. The fraction of sp³-hybridized carbons (Fsp3) is 0. The molecule has 5 rings (SSSR count). The molecule has 3 nitrogen and oxygen atoms in total. The number of para-hydroxylation sites is 2. The van der Waals surface area contributed by atoms with E-state index in [1.807, 2.05) is 67.0 Å². The lowest BCUT2D eigenvalue weighted by Gasteiger charge is -2.11. The topological polar surface area (TPSA) is 37.9 Å². The Labute approximate surface area is 167 Å². The van der Waals surface area contributed by atoms with Gasteiger partial charge in [-0.1, -0.05) is 48.5 Å². The van der Waals surface area contributed by atoms with Crippen molar-refractivity contribution in [2.75, 3.05) is 0 Å². The predicted octanol–water partition coefficient (Wildman–Crippen LogP) is 6.83. The molecule has 0 spiro atoms. The number of benzene rings is 3. The van der Waals surface area contributed by atoms with E-state index >= 15 is 0 Å². The van der Waals surface area contributed by atoms with Gasteiger partial charge in [-0.15, -0.1) is 0 Å². The number of aromatic nitrogens is 2. The Morgan fingerprint density at radius 3 is 2.34 bits per heavy atom. The molecule has 0 atom stereocenters. The van der Waals surface area contributed by atoms with E-state index in [9.17, 15) is 4.39 Å². The van der Waals surface area contributed by atoms with Gasteiger partial charge < -0.3 is 9.72 Å². The van der Waals surface area contributed by atoms with Gasteiger partial charge in [-0.2, -0.15) is 0 Å². The lowest BCUT2D eigenvalue weighted by molar-refractivity contribution is 0.484. The summed E-state index contributed by atoms with van der Waals surface area (Å²) in [6.07, 6.45) is 3.74. The summed E-state index contributed by atoms with van der Waals surface area (Å²) in [5.41, 5.74) is 4.61. The molecule has 5 aromatic rings. The highest BCUT2D eigenvalue weighted by atomic mass is 19.1. The number of pyridine rings is 1. The molecule has 0 amide bonds. The first-order chi connectivity index (χ1) is 14.3. The molecule has 29 heavy (non-hydrogen) atoms. The molecular weight excluding hydrogens is 363 g/mol. The van der Waals surface area contributed by atoms with Crippen LogP contribution in [0.1, 0.15) is 0 Å². The number of fused-ring (bicyclic) bond motifs is 1. The minimum Gasteiger partial charge on any atom is -0.457 e. The van der Waals surface area contributed by atoms with E-state index in [1.54, 1.807) is 12.1 Å². The normalized spacial score (nSPS) is 10.9. The number of ether oxygens (including phenoxy) is 1. The molecule has 0 radical (unpaired) electrons. The van der Waals surface area contributed by atoms with Gasteiger partial charge in [0.1, 0.15) is 23.0 Å². The molecule has 0 aliphatic carbocycles. The Kier molecular flexibility index (Phi) is 4.30. The number of halogens is 1. The number of aromatic amines is 1. The van der Waals surface area contributed by atoms with Gasteiger partial charge in [-0.25, -0.2) is 9.37 Å². The summed E-state index contributed by atoms with van der Waals surface area (Å²) in [6, 6.07) is 26.2. The first kappa shape index (κ1) is 17.2. The third kappa shape index (κ3) is 3.36. The van der Waals surface area contributed by atoms with Crippen molar-refractivity contribution < 1.29 is 9.13 Å². The van der Waals surface area contributed by atoms with E-state index < -0.39 is 0 Å². The summed E-state index contributed by atoms with van der Waals surface area (Å²) in [6.45, 7) is 0. The van der Waals surface area contributed by atoms with E-state index in [1.165, 1.54) is 12.1 Å². The summed E-state index contributed by atoms with van der Waals surface area (Å²) in [5, 5.41) is 0.976. The standard InChI is InChI=1S/C25H17FN2O/c26-19-12-10-17(11-13-19)23-16-28-25-22(23)14-18(15-27-25)21-8-4-5-9-24(21)29-20-6-2-1-3-7-20/h1-16H,(H,27,28). The lowest BCUT2D eigenvalue weighted by Crippen LogP contribution is -1.89. The highest BCUT2D eigenvalue weighted by Gasteiger charge is 2.12. The predicted molar refractivity (Wildman–Crippen MR) is 113 cm³/mol. The van der Waals surface area contributed by atoms with Crippen molar-refractivity contribution in [1.82, 2.24) is 9.97 Å². The van der Waals surface area contributed by atoms with Crippen LogP contribution in [-0.2, 0) is 0 Å². The molecule has 0 saturated carbocycles. The Morgan fingerprint density at radius 2 is 1.52 bits per heavy atom. The average Bonchev–Trinajstić information content (AvgIpc) is 3.19. The number of hydrogen-bond donors (Lipinski definition) is 1. The second kappa shape index (κ2) is 7.24. The van der Waals surface area contributed by atoms with Gasteiger partial charge in [0, 0.05) is 34.5 Å². The van der Waals surface area contributed by atoms with Gasteiger partial charge in [0.2, 0.25) is 0 Å². The minimum absolute atomic E-state index is 0.251. The van der Waals surface area contributed by atoms with Crippen LogP contribution in [0.4, 0.5) is 4.39 Å². The summed E-state index contributed by atoms with van der Waals surface area (Å²) >= 11 is 0. The maximum absolute atomic E-state index is 13.3. The molecule has 4 heteroatoms. The number of rotatable bonds is 4. The van der Waals surface area contributed by atoms with Crippen LogP contribution < -0.4 is 4.74 Å². The van der Waals surface area contributed by atoms with Crippen molar-refractivity contribution >= 4 is 11.0 Å². The zero-order valence-electron chi connectivity index (χ0n) is 15.5. The lowest BCUT2D eigenvalue weighted by atomic mass is 10.0. The van der Waals surface area contributed by atoms with Crippen LogP contribution in [0.25, 0.3) is 33.3 Å². The number of hydrogen-bond acceptors (Lipinski definition) is 2. The molecule has 2 aromatic heterocycles. The molecule has 0 fully saturated rings. The third-order valence-corrected chi connectivity index (χ3v) is 4.86. The first-order valence-corrected chi connectivity index (χ1v) is 9.33. The largest absolute Gasteiger partial charge is 0.457 e. The molecule has 0 saturated heterocycles. The van der Waals surface area contributed by atoms with Crippen molar-refractivity contribution in [3.05, 3.63) is 103 Å². The third-order valence-electron chi connectivity index (χ3n) is 4.86. The van der Waals surface area contributed by atoms with Gasteiger partial charge in [0.05, 0.1) is 0 Å². The van der Waals surface area contributed by atoms with Crippen molar-refractivity contribution in [3.63, 3.8) is 0 Å². The summed E-state index contributed by atoms with van der Waals surface area (Å²) < 4.78 is 19.4. The second-order valence-corrected chi connectivity index (χ2v) is 6.74. The molecule has 0 aliphatic heterocycles. The van der Waals surface area contributed by atoms with E-state index in [-0.39, 0.29) is 5.82 Å². The fourth-order valence-electron chi connectivity index (χ4n) is 3.43. The monoisotopic (exact) mass is 380 g/mol. The second-order valence-electron chi connectivity index (χ2n) is 6.74. The fourth-order valence-corrected chi connectivity index (χ4v) is 3.43. The van der Waals surface area contributed by atoms with E-state index in [4.69, 9.17) is 4.74 Å². The number of nitrogens with zero attached hydrogens (tertiary/aromatic N) is 1. The van der Waals surface area contributed by atoms with Crippen LogP contribution in [0.5, 0.6) is 11.5 Å². The summed E-state index contributed by atoms with van der Waals surface area (Å²) in [7, 11) is 0. The molecule has 3 aromatic carbocycles. The summed E-state index contributed by atoms with van der Waals surface area (Å²) in [5.74, 6) is 1.29. The van der Waals surface area contributed by atoms with Gasteiger partial charge in [0.15, 0.2) is 0 Å².